The van der Waals surface area contributed by atoms with Crippen molar-refractivity contribution < 1.29 is 13.9 Å². The van der Waals surface area contributed by atoms with Gasteiger partial charge in [-0.15, -0.1) is 0 Å². The number of piperidine rings is 1. The Balaban J connectivity index is 0.00000205. The Morgan fingerprint density at radius 1 is 1.15 bits per heavy atom. The van der Waals surface area contributed by atoms with Crippen molar-refractivity contribution in [3.63, 3.8) is 0 Å². The number of anilines is 1. The van der Waals surface area contributed by atoms with Crippen LogP contribution in [0.15, 0.2) is 48.8 Å². The van der Waals surface area contributed by atoms with Crippen molar-refractivity contribution in [2.45, 2.75) is 59.0 Å². The number of methoxy groups -OCH3 is 1. The fourth-order valence-electron chi connectivity index (χ4n) is 4.83. The Morgan fingerprint density at radius 2 is 1.90 bits per heavy atom. The summed E-state index contributed by atoms with van der Waals surface area (Å²) in [5, 5.41) is 7.43. The second kappa shape index (κ2) is 14.7. The molecule has 0 bridgehead atoms. The number of ether oxygens (including phenoxy) is 1. The van der Waals surface area contributed by atoms with Crippen LogP contribution in [0.4, 0.5) is 10.1 Å². The molecule has 1 aromatic heterocycles. The molecule has 1 aliphatic heterocycles. The third-order valence-electron chi connectivity index (χ3n) is 6.96. The highest BCUT2D eigenvalue weighted by Gasteiger charge is 2.21. The molecule has 4 rings (SSSR count). The van der Waals surface area contributed by atoms with E-state index >= 15 is 0 Å². The fraction of sp³-hybridized carbons (Fsp3) is 0.452. The first kappa shape index (κ1) is 30.2. The standard InChI is InChI=1S/C29H36FN5O2.C2H6/c1-19-15-21(10-11-23(19)30)28(31-3)29-22-16-25(27(37-4)17-24(22)32-18-33-29)34-20(2)26(36)9-8-14-35-12-6-5-7-13-35;1-2/h8-11,15-18,20,28,31,34H,5-7,12-14H2,1-4H3;1-2H3/b9-8+;. The minimum absolute atomic E-state index is 0.00131. The van der Waals surface area contributed by atoms with Gasteiger partial charge in [0.05, 0.1) is 36.1 Å². The highest BCUT2D eigenvalue weighted by Crippen LogP contribution is 2.34. The summed E-state index contributed by atoms with van der Waals surface area (Å²) in [5.74, 6) is 0.345. The topological polar surface area (TPSA) is 79.4 Å². The van der Waals surface area contributed by atoms with Crippen LogP contribution in [-0.2, 0) is 4.79 Å². The van der Waals surface area contributed by atoms with Crippen LogP contribution in [0.25, 0.3) is 10.9 Å². The van der Waals surface area contributed by atoms with Crippen LogP contribution < -0.4 is 15.4 Å². The number of fused-ring (bicyclic) bond motifs is 1. The monoisotopic (exact) mass is 535 g/mol. The zero-order valence-corrected chi connectivity index (χ0v) is 24.1. The molecular formula is C31H42FN5O2. The normalized spacial score (nSPS) is 15.5. The minimum atomic E-state index is -0.447. The van der Waals surface area contributed by atoms with Crippen LogP contribution in [0.3, 0.4) is 0 Å². The van der Waals surface area contributed by atoms with E-state index in [1.165, 1.54) is 31.7 Å². The van der Waals surface area contributed by atoms with E-state index in [1.807, 2.05) is 52.1 Å². The smallest absolute Gasteiger partial charge is 0.177 e. The number of ketones is 1. The van der Waals surface area contributed by atoms with E-state index in [1.54, 1.807) is 26.2 Å². The maximum absolute atomic E-state index is 13.9. The summed E-state index contributed by atoms with van der Waals surface area (Å²) < 4.78 is 19.5. The molecule has 2 N–H and O–H groups in total. The molecule has 0 aliphatic carbocycles. The van der Waals surface area contributed by atoms with Gasteiger partial charge in [0.15, 0.2) is 5.78 Å². The van der Waals surface area contributed by atoms with Crippen molar-refractivity contribution in [2.24, 2.45) is 0 Å². The first-order chi connectivity index (χ1) is 18.9. The molecule has 1 aliphatic rings. The summed E-state index contributed by atoms with van der Waals surface area (Å²) in [6, 6.07) is 8.10. The van der Waals surface area contributed by atoms with Gasteiger partial charge in [0.25, 0.3) is 0 Å². The van der Waals surface area contributed by atoms with Crippen molar-refractivity contribution in [1.29, 1.82) is 0 Å². The predicted octanol–water partition coefficient (Wildman–Crippen LogP) is 5.83. The number of aryl methyl sites for hydroxylation is 1. The second-order valence-corrected chi connectivity index (χ2v) is 9.59. The number of nitrogens with zero attached hydrogens (tertiary/aromatic N) is 3. The first-order valence-corrected chi connectivity index (χ1v) is 13.9. The fourth-order valence-corrected chi connectivity index (χ4v) is 4.83. The van der Waals surface area contributed by atoms with Crippen LogP contribution in [0, 0.1) is 12.7 Å². The van der Waals surface area contributed by atoms with Gasteiger partial charge in [0.2, 0.25) is 0 Å². The maximum Gasteiger partial charge on any atom is 0.177 e. The molecule has 2 unspecified atom stereocenters. The number of carbonyl (C=O) groups excluding carboxylic acids is 1. The Bertz CT molecular complexity index is 1270. The Hall–Kier alpha value is -3.36. The van der Waals surface area contributed by atoms with Crippen LogP contribution in [-0.4, -0.2) is 60.5 Å². The van der Waals surface area contributed by atoms with Gasteiger partial charge in [-0.25, -0.2) is 14.4 Å². The average molecular weight is 536 g/mol. The number of aromatic nitrogens is 2. The lowest BCUT2D eigenvalue weighted by Gasteiger charge is -2.24. The van der Waals surface area contributed by atoms with Crippen molar-refractivity contribution >= 4 is 22.4 Å². The molecule has 210 valence electrons. The zero-order chi connectivity index (χ0) is 28.4. The van der Waals surface area contributed by atoms with Crippen molar-refractivity contribution in [1.82, 2.24) is 20.2 Å². The number of likely N-dealkylation sites (tertiary alicyclic amines) is 1. The summed E-state index contributed by atoms with van der Waals surface area (Å²) >= 11 is 0. The lowest BCUT2D eigenvalue weighted by atomic mass is 9.98. The number of benzene rings is 2. The number of hydrogen-bond donors (Lipinski definition) is 2. The average Bonchev–Trinajstić information content (AvgIpc) is 2.96. The van der Waals surface area contributed by atoms with E-state index < -0.39 is 6.04 Å². The quantitative estimate of drug-likeness (QED) is 0.316. The van der Waals surface area contributed by atoms with E-state index in [4.69, 9.17) is 4.74 Å². The van der Waals surface area contributed by atoms with E-state index in [9.17, 15) is 9.18 Å². The van der Waals surface area contributed by atoms with Gasteiger partial charge in [-0.2, -0.15) is 0 Å². The van der Waals surface area contributed by atoms with E-state index in [2.05, 4.69) is 25.5 Å². The number of carbonyl (C=O) groups is 1. The highest BCUT2D eigenvalue weighted by molar-refractivity contribution is 5.97. The van der Waals surface area contributed by atoms with Gasteiger partial charge in [-0.3, -0.25) is 9.69 Å². The zero-order valence-electron chi connectivity index (χ0n) is 24.1. The third-order valence-corrected chi connectivity index (χ3v) is 6.96. The van der Waals surface area contributed by atoms with Crippen LogP contribution in [0.2, 0.25) is 0 Å². The lowest BCUT2D eigenvalue weighted by Crippen LogP contribution is -2.30. The number of halogens is 1. The largest absolute Gasteiger partial charge is 0.495 e. The van der Waals surface area contributed by atoms with Crippen molar-refractivity contribution in [3.05, 3.63) is 71.4 Å². The molecule has 39 heavy (non-hydrogen) atoms. The summed E-state index contributed by atoms with van der Waals surface area (Å²) in [6.07, 6.45) is 8.88. The van der Waals surface area contributed by atoms with Crippen LogP contribution >= 0.6 is 0 Å². The molecule has 0 amide bonds. The van der Waals surface area contributed by atoms with Gasteiger partial charge in [-0.05, 0) is 76.2 Å². The molecule has 3 aromatic rings. The number of nitrogens with one attached hydrogen (secondary N) is 2. The molecule has 2 heterocycles. The van der Waals surface area contributed by atoms with E-state index in [-0.39, 0.29) is 17.6 Å². The number of hydrogen-bond acceptors (Lipinski definition) is 7. The van der Waals surface area contributed by atoms with Gasteiger partial charge < -0.3 is 15.4 Å². The van der Waals surface area contributed by atoms with Crippen LogP contribution in [0.5, 0.6) is 5.75 Å². The van der Waals surface area contributed by atoms with Gasteiger partial charge in [-0.1, -0.05) is 38.5 Å². The van der Waals surface area contributed by atoms with Crippen molar-refractivity contribution in [2.75, 3.05) is 39.1 Å². The van der Waals surface area contributed by atoms with Gasteiger partial charge in [0.1, 0.15) is 17.9 Å². The second-order valence-electron chi connectivity index (χ2n) is 9.59. The third kappa shape index (κ3) is 7.61. The van der Waals surface area contributed by atoms with Crippen molar-refractivity contribution in [3.8, 4) is 5.75 Å². The minimum Gasteiger partial charge on any atom is -0.495 e. The Morgan fingerprint density at radius 3 is 2.56 bits per heavy atom. The lowest BCUT2D eigenvalue weighted by molar-refractivity contribution is -0.115. The summed E-state index contributed by atoms with van der Waals surface area (Å²) in [4.78, 5) is 24.2. The van der Waals surface area contributed by atoms with Crippen LogP contribution in [0.1, 0.15) is 62.9 Å². The highest BCUT2D eigenvalue weighted by atomic mass is 19.1. The predicted molar refractivity (Wildman–Crippen MR) is 157 cm³/mol. The molecule has 1 saturated heterocycles. The van der Waals surface area contributed by atoms with Gasteiger partial charge in [0, 0.05) is 18.0 Å². The molecule has 2 aromatic carbocycles. The molecule has 2 atom stereocenters. The SMILES string of the molecule is CC.CNC(c1ccc(F)c(C)c1)c1ncnc2cc(OC)c(NC(C)C(=O)/C=C/CN3CCCCC3)cc12. The Labute approximate surface area is 231 Å². The Kier molecular flexibility index (Phi) is 11.4. The van der Waals surface area contributed by atoms with E-state index in [0.717, 1.165) is 36.3 Å². The molecule has 7 nitrogen and oxygen atoms in total. The molecule has 1 fully saturated rings. The molecule has 0 radical (unpaired) electrons. The van der Waals surface area contributed by atoms with E-state index in [0.29, 0.717) is 22.5 Å². The summed E-state index contributed by atoms with van der Waals surface area (Å²) in [6.45, 7) is 10.6. The molecule has 0 spiro atoms. The maximum atomic E-state index is 13.9. The molecular weight excluding hydrogens is 493 g/mol. The first-order valence-electron chi connectivity index (χ1n) is 13.9. The summed E-state index contributed by atoms with van der Waals surface area (Å²) in [5.41, 5.74) is 3.62. The molecule has 0 saturated carbocycles. The summed E-state index contributed by atoms with van der Waals surface area (Å²) in [7, 11) is 3.44. The molecule has 8 heteroatoms. The number of rotatable bonds is 10. The van der Waals surface area contributed by atoms with Gasteiger partial charge >= 0.3 is 0 Å².